The van der Waals surface area contributed by atoms with Gasteiger partial charge in [0.25, 0.3) is 0 Å². The van der Waals surface area contributed by atoms with E-state index in [9.17, 15) is 43.2 Å². The molecule has 0 heterocycles. The molecule has 0 aliphatic heterocycles. The van der Waals surface area contributed by atoms with Crippen LogP contribution in [0.1, 0.15) is 421 Å². The lowest BCUT2D eigenvalue weighted by atomic mass is 10.0. The van der Waals surface area contributed by atoms with Crippen LogP contribution in [0, 0.1) is 23.7 Å². The van der Waals surface area contributed by atoms with Gasteiger partial charge in [-0.15, -0.1) is 0 Å². The normalized spacial score (nSPS) is 14.0. The summed E-state index contributed by atoms with van der Waals surface area (Å²) in [7, 11) is -9.92. The number of phosphoric acid groups is 2. The van der Waals surface area contributed by atoms with E-state index in [4.69, 9.17) is 37.0 Å². The Morgan fingerprint density at radius 1 is 0.248 bits per heavy atom. The van der Waals surface area contributed by atoms with Crippen molar-refractivity contribution in [2.45, 2.75) is 440 Å². The molecule has 0 radical (unpaired) electrons. The van der Waals surface area contributed by atoms with E-state index >= 15 is 0 Å². The molecule has 0 rings (SSSR count). The zero-order valence-electron chi connectivity index (χ0n) is 66.5. The van der Waals surface area contributed by atoms with Gasteiger partial charge in [0.05, 0.1) is 26.4 Å². The van der Waals surface area contributed by atoms with Gasteiger partial charge >= 0.3 is 39.5 Å². The molecular weight excluding hydrogens is 1320 g/mol. The Hall–Kier alpha value is -1.94. The van der Waals surface area contributed by atoms with Crippen LogP contribution in [0.5, 0.6) is 0 Å². The lowest BCUT2D eigenvalue weighted by Gasteiger charge is -2.21. The number of esters is 4. The first kappa shape index (κ1) is 99.1. The first-order valence-corrected chi connectivity index (χ1v) is 45.2. The highest BCUT2D eigenvalue weighted by Crippen LogP contribution is 2.45. The summed E-state index contributed by atoms with van der Waals surface area (Å²) in [4.78, 5) is 73.0. The number of carbonyl (C=O) groups is 4. The van der Waals surface area contributed by atoms with Crippen LogP contribution in [-0.4, -0.2) is 96.7 Å². The van der Waals surface area contributed by atoms with Crippen LogP contribution in [-0.2, 0) is 65.4 Å². The van der Waals surface area contributed by atoms with E-state index in [1.807, 2.05) is 0 Å². The highest BCUT2D eigenvalue weighted by Gasteiger charge is 2.30. The quantitative estimate of drug-likeness (QED) is 0.0222. The minimum atomic E-state index is -4.96. The molecule has 0 saturated carbocycles. The van der Waals surface area contributed by atoms with Gasteiger partial charge in [0.2, 0.25) is 0 Å². The number of unbranched alkanes of at least 4 members (excludes halogenated alkanes) is 45. The summed E-state index contributed by atoms with van der Waals surface area (Å²) in [5, 5.41) is 10.6. The van der Waals surface area contributed by atoms with Gasteiger partial charge in [-0.3, -0.25) is 37.3 Å². The van der Waals surface area contributed by atoms with Crippen LogP contribution < -0.4 is 0 Å². The van der Waals surface area contributed by atoms with Crippen molar-refractivity contribution in [1.82, 2.24) is 0 Å². The SMILES string of the molecule is CC(C)CCCCCCCCCCCCCCCCCCC(=O)OC[C@H](COP(=O)(O)OC[C@@H](O)COP(=O)(O)OC[C@@H](COC(=O)CCCCCCCCC(C)C)OC(=O)CCCCCCCCCCCCCC(C)C)OC(=O)CCCCCCCCCCCCCCCCCCC(C)C. The minimum Gasteiger partial charge on any atom is -0.462 e. The number of aliphatic hydroxyl groups excluding tert-OH is 1. The average molecular weight is 1480 g/mol. The van der Waals surface area contributed by atoms with Crippen molar-refractivity contribution in [3.8, 4) is 0 Å². The summed E-state index contributed by atoms with van der Waals surface area (Å²) >= 11 is 0. The van der Waals surface area contributed by atoms with Crippen molar-refractivity contribution in [3.05, 3.63) is 0 Å². The third-order valence-electron chi connectivity index (χ3n) is 19.1. The van der Waals surface area contributed by atoms with Crippen LogP contribution in [0.4, 0.5) is 0 Å². The van der Waals surface area contributed by atoms with E-state index in [0.717, 1.165) is 114 Å². The van der Waals surface area contributed by atoms with Gasteiger partial charge in [-0.05, 0) is 49.4 Å². The number of aliphatic hydroxyl groups is 1. The molecule has 0 spiro atoms. The van der Waals surface area contributed by atoms with E-state index in [-0.39, 0.29) is 25.7 Å². The number of hydrogen-bond acceptors (Lipinski definition) is 15. The standard InChI is InChI=1S/C82H160O17P2/c1-72(2)58-50-42-34-28-22-17-13-9-11-15-19-25-31-37-46-54-62-79(84)92-68-77(98-81(86)64-56-48-38-32-26-20-16-12-10-14-18-23-29-35-43-51-59-73(3)4)70-96-100(88,89)94-66-76(83)67-95-101(90,91)97-71-78(69-93-80(85)63-55-47-41-40-45-53-61-75(7)8)99-82(87)65-57-49-39-33-27-21-24-30-36-44-52-60-74(5)6/h72-78,83H,9-71H2,1-8H3,(H,88,89)(H,90,91)/t76-,77-,78-/m1/s1. The predicted molar refractivity (Wildman–Crippen MR) is 414 cm³/mol. The molecule has 0 aromatic heterocycles. The summed E-state index contributed by atoms with van der Waals surface area (Å²) in [6.07, 6.45) is 58.5. The van der Waals surface area contributed by atoms with E-state index in [1.165, 1.54) is 218 Å². The van der Waals surface area contributed by atoms with E-state index in [1.54, 1.807) is 0 Å². The topological polar surface area (TPSA) is 237 Å². The van der Waals surface area contributed by atoms with E-state index < -0.39 is 97.5 Å². The largest absolute Gasteiger partial charge is 0.472 e. The van der Waals surface area contributed by atoms with Crippen LogP contribution in [0.25, 0.3) is 0 Å². The van der Waals surface area contributed by atoms with Crippen molar-refractivity contribution in [2.75, 3.05) is 39.6 Å². The second-order valence-electron chi connectivity index (χ2n) is 31.4. The summed E-state index contributed by atoms with van der Waals surface area (Å²) in [6.45, 7) is 14.2. The second kappa shape index (κ2) is 71.0. The van der Waals surface area contributed by atoms with Gasteiger partial charge in [0.15, 0.2) is 12.2 Å². The fraction of sp³-hybridized carbons (Fsp3) is 0.951. The molecule has 600 valence electrons. The predicted octanol–water partition coefficient (Wildman–Crippen LogP) is 24.4. The zero-order valence-corrected chi connectivity index (χ0v) is 68.3. The van der Waals surface area contributed by atoms with Gasteiger partial charge in [0, 0.05) is 25.7 Å². The van der Waals surface area contributed by atoms with Crippen LogP contribution in [0.15, 0.2) is 0 Å². The van der Waals surface area contributed by atoms with Gasteiger partial charge < -0.3 is 33.8 Å². The maximum Gasteiger partial charge on any atom is 0.472 e. The highest BCUT2D eigenvalue weighted by atomic mass is 31.2. The third kappa shape index (κ3) is 76.1. The Bertz CT molecular complexity index is 1970. The molecule has 0 aromatic carbocycles. The number of phosphoric ester groups is 2. The molecule has 5 atom stereocenters. The fourth-order valence-electron chi connectivity index (χ4n) is 12.6. The van der Waals surface area contributed by atoms with E-state index in [0.29, 0.717) is 31.6 Å². The minimum absolute atomic E-state index is 0.105. The smallest absolute Gasteiger partial charge is 0.462 e. The molecule has 17 nitrogen and oxygen atoms in total. The Morgan fingerprint density at radius 3 is 0.614 bits per heavy atom. The number of hydrogen-bond donors (Lipinski definition) is 3. The molecule has 0 aromatic rings. The van der Waals surface area contributed by atoms with Crippen molar-refractivity contribution in [2.24, 2.45) is 23.7 Å². The molecule has 0 bridgehead atoms. The summed E-state index contributed by atoms with van der Waals surface area (Å²) in [6, 6.07) is 0. The molecule has 0 saturated heterocycles. The van der Waals surface area contributed by atoms with Crippen molar-refractivity contribution >= 4 is 39.5 Å². The van der Waals surface area contributed by atoms with Crippen LogP contribution in [0.3, 0.4) is 0 Å². The molecule has 0 aliphatic carbocycles. The van der Waals surface area contributed by atoms with Crippen LogP contribution >= 0.6 is 15.6 Å². The lowest BCUT2D eigenvalue weighted by molar-refractivity contribution is -0.161. The Morgan fingerprint density at radius 2 is 0.416 bits per heavy atom. The monoisotopic (exact) mass is 1480 g/mol. The first-order chi connectivity index (χ1) is 48.6. The van der Waals surface area contributed by atoms with Gasteiger partial charge in [-0.25, -0.2) is 9.13 Å². The lowest BCUT2D eigenvalue weighted by Crippen LogP contribution is -2.30. The Labute approximate surface area is 619 Å². The summed E-state index contributed by atoms with van der Waals surface area (Å²) in [5.74, 6) is 0.952. The maximum atomic E-state index is 13.1. The third-order valence-corrected chi connectivity index (χ3v) is 21.0. The number of rotatable bonds is 79. The van der Waals surface area contributed by atoms with Gasteiger partial charge in [-0.1, -0.05) is 370 Å². The molecule has 0 fully saturated rings. The highest BCUT2D eigenvalue weighted by molar-refractivity contribution is 7.47. The molecule has 0 amide bonds. The van der Waals surface area contributed by atoms with E-state index in [2.05, 4.69) is 55.4 Å². The van der Waals surface area contributed by atoms with Crippen molar-refractivity contribution < 1.29 is 80.2 Å². The fourth-order valence-corrected chi connectivity index (χ4v) is 14.2. The van der Waals surface area contributed by atoms with Crippen LogP contribution in [0.2, 0.25) is 0 Å². The molecule has 2 unspecified atom stereocenters. The Balaban J connectivity index is 5.22. The maximum absolute atomic E-state index is 13.1. The van der Waals surface area contributed by atoms with Gasteiger partial charge in [0.1, 0.15) is 19.3 Å². The average Bonchev–Trinajstić information content (AvgIpc) is 1.03. The summed E-state index contributed by atoms with van der Waals surface area (Å²) < 4.78 is 68.7. The van der Waals surface area contributed by atoms with Gasteiger partial charge in [-0.2, -0.15) is 0 Å². The molecule has 101 heavy (non-hydrogen) atoms. The number of ether oxygens (including phenoxy) is 4. The van der Waals surface area contributed by atoms with Crippen molar-refractivity contribution in [1.29, 1.82) is 0 Å². The number of carbonyl (C=O) groups excluding carboxylic acids is 4. The first-order valence-electron chi connectivity index (χ1n) is 42.2. The second-order valence-corrected chi connectivity index (χ2v) is 34.3. The van der Waals surface area contributed by atoms with Crippen molar-refractivity contribution in [3.63, 3.8) is 0 Å². The Kier molecular flexibility index (Phi) is 69.6. The summed E-state index contributed by atoms with van der Waals surface area (Å²) in [5.41, 5.74) is 0. The zero-order chi connectivity index (χ0) is 74.6. The molecule has 3 N–H and O–H groups in total. The molecule has 0 aliphatic rings. The molecule has 19 heteroatoms. The molecular formula is C82H160O17P2.